The van der Waals surface area contributed by atoms with Crippen LogP contribution in [0, 0.1) is 0 Å². The lowest BCUT2D eigenvalue weighted by molar-refractivity contribution is -0.132. The van der Waals surface area contributed by atoms with Crippen molar-refractivity contribution in [1.82, 2.24) is 5.32 Å². The number of aliphatic hydroxyl groups is 1. The Labute approximate surface area is 88.7 Å². The Morgan fingerprint density at radius 2 is 2.07 bits per heavy atom. The van der Waals surface area contributed by atoms with E-state index in [-0.39, 0.29) is 12.1 Å². The van der Waals surface area contributed by atoms with Crippen LogP contribution in [0.3, 0.4) is 0 Å². The predicted octanol–water partition coefficient (Wildman–Crippen LogP) is -0.242. The number of hydrogen-bond acceptors (Lipinski definition) is 4. The standard InChI is InChI=1S/C10H17NO4/c1-8(9(12)13)6-11-7-10(14)2-4-15-5-3-10/h11,14H,1-7H2,(H,12,13). The molecule has 0 bridgehead atoms. The number of nitrogens with one attached hydrogen (secondary N) is 1. The zero-order valence-corrected chi connectivity index (χ0v) is 8.66. The molecule has 86 valence electrons. The van der Waals surface area contributed by atoms with E-state index >= 15 is 0 Å². The summed E-state index contributed by atoms with van der Waals surface area (Å²) in [5.41, 5.74) is -0.664. The molecular weight excluding hydrogens is 198 g/mol. The van der Waals surface area contributed by atoms with E-state index < -0.39 is 11.6 Å². The van der Waals surface area contributed by atoms with E-state index in [1.807, 2.05) is 0 Å². The fourth-order valence-corrected chi connectivity index (χ4v) is 1.45. The molecule has 0 radical (unpaired) electrons. The van der Waals surface area contributed by atoms with Gasteiger partial charge in [-0.25, -0.2) is 4.79 Å². The lowest BCUT2D eigenvalue weighted by atomic mass is 9.94. The van der Waals surface area contributed by atoms with Crippen LogP contribution in [0.1, 0.15) is 12.8 Å². The van der Waals surface area contributed by atoms with Gasteiger partial charge in [-0.1, -0.05) is 6.58 Å². The third-order valence-electron chi connectivity index (χ3n) is 2.52. The first-order chi connectivity index (χ1) is 7.03. The third-order valence-corrected chi connectivity index (χ3v) is 2.52. The number of aliphatic carboxylic acids is 1. The van der Waals surface area contributed by atoms with E-state index in [0.717, 1.165) is 0 Å². The van der Waals surface area contributed by atoms with Gasteiger partial charge < -0.3 is 20.3 Å². The highest BCUT2D eigenvalue weighted by molar-refractivity contribution is 5.86. The molecule has 0 amide bonds. The second-order valence-corrected chi connectivity index (χ2v) is 3.85. The van der Waals surface area contributed by atoms with Gasteiger partial charge in [0.1, 0.15) is 0 Å². The van der Waals surface area contributed by atoms with Crippen LogP contribution >= 0.6 is 0 Å². The molecule has 0 aromatic carbocycles. The number of rotatable bonds is 5. The highest BCUT2D eigenvalue weighted by Crippen LogP contribution is 2.19. The largest absolute Gasteiger partial charge is 0.478 e. The van der Waals surface area contributed by atoms with Gasteiger partial charge in [-0.3, -0.25) is 0 Å². The summed E-state index contributed by atoms with van der Waals surface area (Å²) in [6.45, 7) is 5.07. The van der Waals surface area contributed by atoms with E-state index in [2.05, 4.69) is 11.9 Å². The molecule has 1 saturated heterocycles. The van der Waals surface area contributed by atoms with Crippen molar-refractivity contribution in [3.8, 4) is 0 Å². The summed E-state index contributed by atoms with van der Waals surface area (Å²) in [6, 6.07) is 0. The molecule has 0 atom stereocenters. The molecule has 15 heavy (non-hydrogen) atoms. The fourth-order valence-electron chi connectivity index (χ4n) is 1.45. The van der Waals surface area contributed by atoms with Crippen LogP contribution in [0.4, 0.5) is 0 Å². The summed E-state index contributed by atoms with van der Waals surface area (Å²) >= 11 is 0. The third kappa shape index (κ3) is 3.99. The molecule has 1 aliphatic rings. The van der Waals surface area contributed by atoms with Crippen LogP contribution in [-0.2, 0) is 9.53 Å². The molecule has 5 heteroatoms. The lowest BCUT2D eigenvalue weighted by Gasteiger charge is -2.32. The van der Waals surface area contributed by atoms with Crippen molar-refractivity contribution in [1.29, 1.82) is 0 Å². The average molecular weight is 215 g/mol. The Hall–Kier alpha value is -0.910. The molecule has 1 heterocycles. The highest BCUT2D eigenvalue weighted by Gasteiger charge is 2.29. The van der Waals surface area contributed by atoms with Crippen LogP contribution in [0.5, 0.6) is 0 Å². The van der Waals surface area contributed by atoms with E-state index in [4.69, 9.17) is 9.84 Å². The van der Waals surface area contributed by atoms with E-state index in [1.165, 1.54) is 0 Å². The molecule has 0 aromatic heterocycles. The minimum atomic E-state index is -1.01. The quantitative estimate of drug-likeness (QED) is 0.551. The Balaban J connectivity index is 2.24. The highest BCUT2D eigenvalue weighted by atomic mass is 16.5. The van der Waals surface area contributed by atoms with Gasteiger partial charge in [-0.15, -0.1) is 0 Å². The van der Waals surface area contributed by atoms with Crippen molar-refractivity contribution < 1.29 is 19.7 Å². The van der Waals surface area contributed by atoms with Gasteiger partial charge in [0.25, 0.3) is 0 Å². The van der Waals surface area contributed by atoms with E-state index in [9.17, 15) is 9.90 Å². The summed E-state index contributed by atoms with van der Waals surface area (Å²) in [6.07, 6.45) is 1.17. The molecular formula is C10H17NO4. The monoisotopic (exact) mass is 215 g/mol. The molecule has 1 fully saturated rings. The minimum Gasteiger partial charge on any atom is -0.478 e. The number of hydrogen-bond donors (Lipinski definition) is 3. The summed E-state index contributed by atoms with van der Waals surface area (Å²) < 4.78 is 5.13. The Bertz CT molecular complexity index is 246. The van der Waals surface area contributed by atoms with Crippen LogP contribution < -0.4 is 5.32 Å². The molecule has 3 N–H and O–H groups in total. The number of carboxylic acids is 1. The number of carbonyl (C=O) groups is 1. The van der Waals surface area contributed by atoms with Gasteiger partial charge in [-0.05, 0) is 0 Å². The normalized spacial score (nSPS) is 19.8. The van der Waals surface area contributed by atoms with E-state index in [1.54, 1.807) is 0 Å². The number of carboxylic acid groups (broad SMARTS) is 1. The maximum Gasteiger partial charge on any atom is 0.332 e. The zero-order valence-electron chi connectivity index (χ0n) is 8.66. The molecule has 0 saturated carbocycles. The molecule has 1 rings (SSSR count). The fraction of sp³-hybridized carbons (Fsp3) is 0.700. The van der Waals surface area contributed by atoms with Gasteiger partial charge in [0, 0.05) is 44.7 Å². The van der Waals surface area contributed by atoms with Gasteiger partial charge in [0.15, 0.2) is 0 Å². The Morgan fingerprint density at radius 3 is 2.60 bits per heavy atom. The predicted molar refractivity (Wildman–Crippen MR) is 54.6 cm³/mol. The first-order valence-corrected chi connectivity index (χ1v) is 4.95. The molecule has 5 nitrogen and oxygen atoms in total. The van der Waals surface area contributed by atoms with Gasteiger partial charge in [-0.2, -0.15) is 0 Å². The molecule has 0 aromatic rings. The van der Waals surface area contributed by atoms with E-state index in [0.29, 0.717) is 32.6 Å². The van der Waals surface area contributed by atoms with Crippen LogP contribution in [-0.4, -0.2) is 48.1 Å². The first kappa shape index (κ1) is 12.2. The van der Waals surface area contributed by atoms with Crippen molar-refractivity contribution in [3.63, 3.8) is 0 Å². The summed E-state index contributed by atoms with van der Waals surface area (Å²) in [7, 11) is 0. The Morgan fingerprint density at radius 1 is 1.47 bits per heavy atom. The summed E-state index contributed by atoms with van der Waals surface area (Å²) in [5.74, 6) is -1.01. The van der Waals surface area contributed by atoms with Gasteiger partial charge in [0.05, 0.1) is 5.60 Å². The summed E-state index contributed by atoms with van der Waals surface area (Å²) in [5, 5.41) is 21.5. The maximum atomic E-state index is 10.4. The smallest absolute Gasteiger partial charge is 0.332 e. The van der Waals surface area contributed by atoms with Crippen molar-refractivity contribution in [3.05, 3.63) is 12.2 Å². The average Bonchev–Trinajstić information content (AvgIpc) is 2.18. The van der Waals surface area contributed by atoms with Crippen LogP contribution in [0.15, 0.2) is 12.2 Å². The summed E-state index contributed by atoms with van der Waals surface area (Å²) in [4.78, 5) is 10.4. The van der Waals surface area contributed by atoms with Crippen molar-refractivity contribution >= 4 is 5.97 Å². The molecule has 0 aliphatic carbocycles. The second kappa shape index (κ2) is 5.25. The van der Waals surface area contributed by atoms with Crippen molar-refractivity contribution in [2.45, 2.75) is 18.4 Å². The molecule has 0 unspecified atom stereocenters. The second-order valence-electron chi connectivity index (χ2n) is 3.85. The maximum absolute atomic E-state index is 10.4. The molecule has 0 spiro atoms. The van der Waals surface area contributed by atoms with Gasteiger partial charge in [0.2, 0.25) is 0 Å². The lowest BCUT2D eigenvalue weighted by Crippen LogP contribution is -2.45. The first-order valence-electron chi connectivity index (χ1n) is 4.95. The SMILES string of the molecule is C=C(CNCC1(O)CCOCC1)C(=O)O. The Kier molecular flexibility index (Phi) is 4.26. The zero-order chi connectivity index (χ0) is 11.3. The van der Waals surface area contributed by atoms with Crippen molar-refractivity contribution in [2.75, 3.05) is 26.3 Å². The molecule has 1 aliphatic heterocycles. The van der Waals surface area contributed by atoms with Crippen molar-refractivity contribution in [2.24, 2.45) is 0 Å². The van der Waals surface area contributed by atoms with Crippen LogP contribution in [0.2, 0.25) is 0 Å². The minimum absolute atomic E-state index is 0.102. The van der Waals surface area contributed by atoms with Gasteiger partial charge >= 0.3 is 5.97 Å². The topological polar surface area (TPSA) is 78.8 Å². The number of ether oxygens (including phenoxy) is 1. The van der Waals surface area contributed by atoms with Crippen LogP contribution in [0.25, 0.3) is 0 Å².